The van der Waals surface area contributed by atoms with Crippen molar-refractivity contribution >= 4 is 17.6 Å². The van der Waals surface area contributed by atoms with E-state index in [1.165, 1.54) is 7.11 Å². The van der Waals surface area contributed by atoms with Crippen LogP contribution >= 0.6 is 11.6 Å². The normalized spacial score (nSPS) is 8.93. The molecule has 78 valence electrons. The van der Waals surface area contributed by atoms with Crippen molar-refractivity contribution in [1.82, 2.24) is 0 Å². The second-order valence-electron chi connectivity index (χ2n) is 2.74. The van der Waals surface area contributed by atoms with Gasteiger partial charge in [0.1, 0.15) is 5.75 Å². The molecule has 0 heterocycles. The molecule has 0 aromatic heterocycles. The summed E-state index contributed by atoms with van der Waals surface area (Å²) >= 11 is 5.80. The van der Waals surface area contributed by atoms with E-state index in [1.54, 1.807) is 18.2 Å². The first kappa shape index (κ1) is 11.4. The molecule has 0 atom stereocenters. The van der Waals surface area contributed by atoms with Crippen LogP contribution in [-0.4, -0.2) is 18.2 Å². The van der Waals surface area contributed by atoms with Crippen LogP contribution in [0.3, 0.4) is 0 Å². The fourth-order valence-electron chi connectivity index (χ4n) is 1.10. The molecular formula is C11H9ClO3. The quantitative estimate of drug-likeness (QED) is 0.782. The summed E-state index contributed by atoms with van der Waals surface area (Å²) in [6.45, 7) is 0. The Morgan fingerprint density at radius 1 is 1.60 bits per heavy atom. The predicted molar refractivity (Wildman–Crippen MR) is 57.1 cm³/mol. The maximum Gasteiger partial charge on any atom is 0.381 e. The standard InChI is InChI=1S/C11H9ClO3/c1-15-10-6-5-9(12)7-8(10)3-2-4-11(13)14/h5-7H,3H2,1H3,(H,13,14). The van der Waals surface area contributed by atoms with Gasteiger partial charge in [0.2, 0.25) is 0 Å². The predicted octanol–water partition coefficient (Wildman–Crippen LogP) is 1.98. The molecule has 0 saturated carbocycles. The molecule has 0 saturated heterocycles. The van der Waals surface area contributed by atoms with Crippen LogP contribution in [0.15, 0.2) is 18.2 Å². The minimum absolute atomic E-state index is 0.302. The molecule has 0 amide bonds. The van der Waals surface area contributed by atoms with Crippen LogP contribution in [0.5, 0.6) is 5.75 Å². The van der Waals surface area contributed by atoms with Crippen LogP contribution in [0.25, 0.3) is 0 Å². The summed E-state index contributed by atoms with van der Waals surface area (Å²) in [5.41, 5.74) is 0.777. The smallest absolute Gasteiger partial charge is 0.381 e. The Kier molecular flexibility index (Phi) is 4.02. The van der Waals surface area contributed by atoms with Crippen molar-refractivity contribution in [1.29, 1.82) is 0 Å². The Labute approximate surface area is 92.6 Å². The third kappa shape index (κ3) is 3.53. The number of carboxylic acid groups (broad SMARTS) is 1. The zero-order valence-corrected chi connectivity index (χ0v) is 8.84. The average molecular weight is 225 g/mol. The maximum atomic E-state index is 10.2. The highest BCUT2D eigenvalue weighted by Gasteiger charge is 2.01. The molecule has 1 N–H and O–H groups in total. The van der Waals surface area contributed by atoms with Crippen LogP contribution < -0.4 is 4.74 Å². The molecule has 1 aromatic rings. The first-order valence-corrected chi connectivity index (χ1v) is 4.55. The van der Waals surface area contributed by atoms with Gasteiger partial charge < -0.3 is 9.84 Å². The summed E-state index contributed by atoms with van der Waals surface area (Å²) in [6.07, 6.45) is 0.302. The lowest BCUT2D eigenvalue weighted by atomic mass is 10.1. The first-order chi connectivity index (χ1) is 7.13. The molecule has 1 aromatic carbocycles. The van der Waals surface area contributed by atoms with E-state index in [0.29, 0.717) is 17.2 Å². The van der Waals surface area contributed by atoms with E-state index in [1.807, 2.05) is 5.92 Å². The van der Waals surface area contributed by atoms with Gasteiger partial charge >= 0.3 is 5.97 Å². The third-order valence-corrected chi connectivity index (χ3v) is 1.95. The van der Waals surface area contributed by atoms with Crippen molar-refractivity contribution in [2.75, 3.05) is 7.11 Å². The van der Waals surface area contributed by atoms with Crippen LogP contribution in [0, 0.1) is 11.8 Å². The minimum atomic E-state index is -1.14. The molecule has 0 aliphatic heterocycles. The van der Waals surface area contributed by atoms with Gasteiger partial charge in [0, 0.05) is 22.9 Å². The number of ether oxygens (including phenoxy) is 1. The number of methoxy groups -OCH3 is 1. The molecule has 0 unspecified atom stereocenters. The molecule has 0 aliphatic rings. The number of benzene rings is 1. The molecule has 0 spiro atoms. The number of rotatable bonds is 2. The zero-order valence-electron chi connectivity index (χ0n) is 8.08. The number of hydrogen-bond acceptors (Lipinski definition) is 2. The van der Waals surface area contributed by atoms with E-state index >= 15 is 0 Å². The molecular weight excluding hydrogens is 216 g/mol. The van der Waals surface area contributed by atoms with Crippen molar-refractivity contribution in [2.45, 2.75) is 6.42 Å². The van der Waals surface area contributed by atoms with Gasteiger partial charge in [0.05, 0.1) is 7.11 Å². The monoisotopic (exact) mass is 224 g/mol. The van der Waals surface area contributed by atoms with Gasteiger partial charge in [-0.05, 0) is 18.2 Å². The SMILES string of the molecule is COc1ccc(Cl)cc1CC#CC(=O)O. The highest BCUT2D eigenvalue weighted by atomic mass is 35.5. The van der Waals surface area contributed by atoms with Gasteiger partial charge in [-0.25, -0.2) is 4.79 Å². The number of carboxylic acids is 1. The van der Waals surface area contributed by atoms with Crippen LogP contribution in [0.4, 0.5) is 0 Å². The fraction of sp³-hybridized carbons (Fsp3) is 0.182. The summed E-state index contributed by atoms with van der Waals surface area (Å²) in [6, 6.07) is 5.13. The first-order valence-electron chi connectivity index (χ1n) is 4.17. The molecule has 15 heavy (non-hydrogen) atoms. The zero-order chi connectivity index (χ0) is 11.3. The van der Waals surface area contributed by atoms with E-state index in [9.17, 15) is 4.79 Å². The second-order valence-corrected chi connectivity index (χ2v) is 3.18. The van der Waals surface area contributed by atoms with Gasteiger partial charge in [-0.3, -0.25) is 0 Å². The summed E-state index contributed by atoms with van der Waals surface area (Å²) < 4.78 is 5.08. The van der Waals surface area contributed by atoms with Gasteiger partial charge in [-0.2, -0.15) is 0 Å². The van der Waals surface area contributed by atoms with Crippen LogP contribution in [0.2, 0.25) is 5.02 Å². The highest BCUT2D eigenvalue weighted by Crippen LogP contribution is 2.22. The van der Waals surface area contributed by atoms with Gasteiger partial charge in [-0.15, -0.1) is 0 Å². The summed E-state index contributed by atoms with van der Waals surface area (Å²) in [5, 5.41) is 8.91. The molecule has 0 bridgehead atoms. The number of halogens is 1. The van der Waals surface area contributed by atoms with Crippen LogP contribution in [0.1, 0.15) is 5.56 Å². The summed E-state index contributed by atoms with van der Waals surface area (Å²) in [4.78, 5) is 10.2. The Morgan fingerprint density at radius 2 is 2.33 bits per heavy atom. The van der Waals surface area contributed by atoms with E-state index in [2.05, 4.69) is 5.92 Å². The number of hydrogen-bond donors (Lipinski definition) is 1. The maximum absolute atomic E-state index is 10.2. The molecule has 0 fully saturated rings. The number of aliphatic carboxylic acids is 1. The lowest BCUT2D eigenvalue weighted by Gasteiger charge is -2.05. The molecule has 3 nitrogen and oxygen atoms in total. The van der Waals surface area contributed by atoms with E-state index in [-0.39, 0.29) is 0 Å². The molecule has 0 aliphatic carbocycles. The Bertz CT molecular complexity index is 429. The third-order valence-electron chi connectivity index (χ3n) is 1.72. The second kappa shape index (κ2) is 5.28. The summed E-state index contributed by atoms with van der Waals surface area (Å²) in [5.74, 6) is 4.06. The van der Waals surface area contributed by atoms with E-state index in [0.717, 1.165) is 5.56 Å². The lowest BCUT2D eigenvalue weighted by molar-refractivity contribution is -0.130. The summed E-state index contributed by atoms with van der Waals surface area (Å²) in [7, 11) is 1.54. The number of carbonyl (C=O) groups is 1. The van der Waals surface area contributed by atoms with Crippen molar-refractivity contribution in [3.63, 3.8) is 0 Å². The lowest BCUT2D eigenvalue weighted by Crippen LogP contribution is -1.92. The highest BCUT2D eigenvalue weighted by molar-refractivity contribution is 6.30. The Balaban J connectivity index is 2.89. The van der Waals surface area contributed by atoms with Crippen LogP contribution in [-0.2, 0) is 11.2 Å². The fourth-order valence-corrected chi connectivity index (χ4v) is 1.30. The molecule has 0 radical (unpaired) electrons. The average Bonchev–Trinajstić information content (AvgIpc) is 2.17. The van der Waals surface area contributed by atoms with Crippen molar-refractivity contribution in [3.05, 3.63) is 28.8 Å². The largest absolute Gasteiger partial charge is 0.496 e. The van der Waals surface area contributed by atoms with Gasteiger partial charge in [0.15, 0.2) is 0 Å². The van der Waals surface area contributed by atoms with E-state index in [4.69, 9.17) is 21.4 Å². The molecule has 4 heteroatoms. The topological polar surface area (TPSA) is 46.5 Å². The Hall–Kier alpha value is -1.66. The van der Waals surface area contributed by atoms with Crippen molar-refractivity contribution in [2.24, 2.45) is 0 Å². The van der Waals surface area contributed by atoms with Crippen molar-refractivity contribution in [3.8, 4) is 17.6 Å². The van der Waals surface area contributed by atoms with Gasteiger partial charge in [0.25, 0.3) is 0 Å². The van der Waals surface area contributed by atoms with Gasteiger partial charge in [-0.1, -0.05) is 17.5 Å². The molecule has 1 rings (SSSR count). The Morgan fingerprint density at radius 3 is 2.93 bits per heavy atom. The van der Waals surface area contributed by atoms with E-state index < -0.39 is 5.97 Å². The van der Waals surface area contributed by atoms with Crippen molar-refractivity contribution < 1.29 is 14.6 Å². The minimum Gasteiger partial charge on any atom is -0.496 e.